The van der Waals surface area contributed by atoms with Gasteiger partial charge in [-0.3, -0.25) is 9.78 Å². The molecule has 0 radical (unpaired) electrons. The van der Waals surface area contributed by atoms with Crippen molar-refractivity contribution in [3.63, 3.8) is 0 Å². The lowest BCUT2D eigenvalue weighted by atomic mass is 9.86. The fourth-order valence-corrected chi connectivity index (χ4v) is 5.82. The van der Waals surface area contributed by atoms with Crippen molar-refractivity contribution in [2.24, 2.45) is 5.92 Å². The molecule has 1 aliphatic rings. The zero-order valence-corrected chi connectivity index (χ0v) is 21.6. The van der Waals surface area contributed by atoms with E-state index in [9.17, 15) is 4.79 Å². The quantitative estimate of drug-likeness (QED) is 0.297. The number of amides is 1. The van der Waals surface area contributed by atoms with Gasteiger partial charge in [0.05, 0.1) is 30.9 Å². The van der Waals surface area contributed by atoms with E-state index in [0.717, 1.165) is 50.8 Å². The van der Waals surface area contributed by atoms with Gasteiger partial charge in [-0.25, -0.2) is 4.98 Å². The number of thioether (sulfide) groups is 1. The van der Waals surface area contributed by atoms with Crippen LogP contribution < -0.4 is 10.1 Å². The monoisotopic (exact) mass is 500 g/mol. The van der Waals surface area contributed by atoms with E-state index in [1.807, 2.05) is 48.7 Å². The number of carbonyl (C=O) groups excluding carboxylic acids is 1. The van der Waals surface area contributed by atoms with Crippen LogP contribution in [0.2, 0.25) is 0 Å². The van der Waals surface area contributed by atoms with Gasteiger partial charge < -0.3 is 14.6 Å². The van der Waals surface area contributed by atoms with Crippen molar-refractivity contribution in [1.82, 2.24) is 19.9 Å². The Hall–Kier alpha value is -3.32. The highest BCUT2D eigenvalue weighted by atomic mass is 32.2. The third kappa shape index (κ3) is 5.57. The molecule has 0 spiro atoms. The summed E-state index contributed by atoms with van der Waals surface area (Å²) >= 11 is 1.69. The third-order valence-electron chi connectivity index (χ3n) is 7.00. The highest BCUT2D eigenvalue weighted by molar-refractivity contribution is 7.98. The molecule has 4 aromatic rings. The molecule has 0 bridgehead atoms. The van der Waals surface area contributed by atoms with Crippen LogP contribution in [0.5, 0.6) is 5.75 Å². The molecule has 0 unspecified atom stereocenters. The number of imidazole rings is 1. The second-order valence-corrected chi connectivity index (χ2v) is 10.5. The van der Waals surface area contributed by atoms with Gasteiger partial charge in [0.1, 0.15) is 5.75 Å². The molecule has 1 saturated carbocycles. The molecule has 5 rings (SSSR count). The summed E-state index contributed by atoms with van der Waals surface area (Å²) in [6.07, 6.45) is 8.38. The first-order chi connectivity index (χ1) is 17.6. The summed E-state index contributed by atoms with van der Waals surface area (Å²) < 4.78 is 7.60. The molecule has 186 valence electrons. The molecular formula is C29H32N4O2S. The summed E-state index contributed by atoms with van der Waals surface area (Å²) in [7, 11) is 1.68. The van der Waals surface area contributed by atoms with Crippen LogP contribution in [-0.4, -0.2) is 33.6 Å². The van der Waals surface area contributed by atoms with Crippen LogP contribution in [0.1, 0.15) is 54.1 Å². The van der Waals surface area contributed by atoms with E-state index in [4.69, 9.17) is 9.72 Å². The lowest BCUT2D eigenvalue weighted by Crippen LogP contribution is -2.41. The molecule has 2 aromatic carbocycles. The van der Waals surface area contributed by atoms with Crippen LogP contribution >= 0.6 is 11.8 Å². The minimum absolute atomic E-state index is 0.0283. The summed E-state index contributed by atoms with van der Waals surface area (Å²) in [4.78, 5) is 22.0. The number of methoxy groups -OCH3 is 1. The normalized spacial score (nSPS) is 17.7. The summed E-state index contributed by atoms with van der Waals surface area (Å²) in [5.41, 5.74) is 4.95. The Bertz CT molecular complexity index is 1330. The summed E-state index contributed by atoms with van der Waals surface area (Å²) in [6.45, 7) is 2.92. The Morgan fingerprint density at radius 2 is 1.94 bits per heavy atom. The van der Waals surface area contributed by atoms with Crippen LogP contribution in [0.15, 0.2) is 72.1 Å². The van der Waals surface area contributed by atoms with Crippen molar-refractivity contribution < 1.29 is 9.53 Å². The number of nitrogens with zero attached hydrogens (tertiary/aromatic N) is 3. The smallest absolute Gasteiger partial charge is 0.251 e. The van der Waals surface area contributed by atoms with E-state index < -0.39 is 0 Å². The number of hydrogen-bond acceptors (Lipinski definition) is 5. The Labute approximate surface area is 216 Å². The van der Waals surface area contributed by atoms with Gasteiger partial charge in [-0.1, -0.05) is 55.8 Å². The molecule has 2 atom stereocenters. The van der Waals surface area contributed by atoms with Crippen LogP contribution in [0.25, 0.3) is 11.0 Å². The number of benzene rings is 2. The average molecular weight is 501 g/mol. The zero-order chi connectivity index (χ0) is 24.9. The maximum Gasteiger partial charge on any atom is 0.251 e. The van der Waals surface area contributed by atoms with E-state index in [1.54, 1.807) is 25.1 Å². The first kappa shape index (κ1) is 24.4. The number of ether oxygens (including phenoxy) is 1. The molecule has 0 saturated heterocycles. The molecule has 1 N–H and O–H groups in total. The molecule has 6 nitrogen and oxygen atoms in total. The van der Waals surface area contributed by atoms with Crippen molar-refractivity contribution in [1.29, 1.82) is 0 Å². The van der Waals surface area contributed by atoms with Gasteiger partial charge in [-0.15, -0.1) is 0 Å². The van der Waals surface area contributed by atoms with Crippen LogP contribution in [-0.2, 0) is 12.3 Å². The Morgan fingerprint density at radius 1 is 1.11 bits per heavy atom. The van der Waals surface area contributed by atoms with Gasteiger partial charge in [-0.2, -0.15) is 0 Å². The second-order valence-electron chi connectivity index (χ2n) is 9.52. The highest BCUT2D eigenvalue weighted by Crippen LogP contribution is 2.28. The molecular weight excluding hydrogens is 468 g/mol. The fourth-order valence-electron chi connectivity index (χ4n) is 4.85. The maximum atomic E-state index is 12.8. The summed E-state index contributed by atoms with van der Waals surface area (Å²) in [6, 6.07) is 18.3. The number of fused-ring (bicyclic) bond motifs is 1. The first-order valence-corrected chi connectivity index (χ1v) is 13.5. The van der Waals surface area contributed by atoms with Gasteiger partial charge >= 0.3 is 0 Å². The van der Waals surface area contributed by atoms with Gasteiger partial charge in [0.25, 0.3) is 5.91 Å². The van der Waals surface area contributed by atoms with Crippen molar-refractivity contribution >= 4 is 28.7 Å². The molecule has 1 aliphatic carbocycles. The largest absolute Gasteiger partial charge is 0.497 e. The van der Waals surface area contributed by atoms with E-state index >= 15 is 0 Å². The molecule has 0 aliphatic heterocycles. The SMILES string of the molecule is COc1cccc(Cn2c(SCc3ccc(C(=O)N[C@H]4CCCC[C@@H]4C)cc3)nc3ccncc32)c1. The molecule has 2 heterocycles. The number of aromatic nitrogens is 3. The maximum absolute atomic E-state index is 12.8. The number of pyridine rings is 1. The van der Waals surface area contributed by atoms with Gasteiger partial charge in [-0.05, 0) is 60.2 Å². The number of hydrogen-bond donors (Lipinski definition) is 1. The Balaban J connectivity index is 1.28. The van der Waals surface area contributed by atoms with Crippen LogP contribution in [0.4, 0.5) is 0 Å². The summed E-state index contributed by atoms with van der Waals surface area (Å²) in [5, 5.41) is 4.18. The molecule has 1 fully saturated rings. The topological polar surface area (TPSA) is 69.0 Å². The Kier molecular flexibility index (Phi) is 7.56. The van der Waals surface area contributed by atoms with E-state index in [2.05, 4.69) is 33.9 Å². The predicted molar refractivity (Wildman–Crippen MR) is 145 cm³/mol. The average Bonchev–Trinajstić information content (AvgIpc) is 3.26. The zero-order valence-electron chi connectivity index (χ0n) is 20.8. The molecule has 2 aromatic heterocycles. The van der Waals surface area contributed by atoms with E-state index in [1.165, 1.54) is 19.3 Å². The van der Waals surface area contributed by atoms with Crippen molar-refractivity contribution in [3.05, 3.63) is 83.7 Å². The van der Waals surface area contributed by atoms with Gasteiger partial charge in [0.2, 0.25) is 0 Å². The number of carbonyl (C=O) groups is 1. The van der Waals surface area contributed by atoms with E-state index in [-0.39, 0.29) is 11.9 Å². The lowest BCUT2D eigenvalue weighted by molar-refractivity contribution is 0.0910. The molecule has 36 heavy (non-hydrogen) atoms. The standard InChI is InChI=1S/C29H32N4O2S/c1-20-6-3-4-9-25(20)31-28(34)23-12-10-21(11-13-23)19-36-29-32-26-14-15-30-17-27(26)33(29)18-22-7-5-8-24(16-22)35-2/h5,7-8,10-17,20,25H,3-4,6,9,18-19H2,1-2H3,(H,31,34)/t20-,25-/m0/s1. The van der Waals surface area contributed by atoms with Crippen LogP contribution in [0, 0.1) is 5.92 Å². The first-order valence-electron chi connectivity index (χ1n) is 12.6. The minimum Gasteiger partial charge on any atom is -0.497 e. The Morgan fingerprint density at radius 3 is 2.75 bits per heavy atom. The van der Waals surface area contributed by atoms with Crippen LogP contribution in [0.3, 0.4) is 0 Å². The fraction of sp³-hybridized carbons (Fsp3) is 0.345. The predicted octanol–water partition coefficient (Wildman–Crippen LogP) is 6.09. The number of rotatable bonds is 8. The minimum atomic E-state index is 0.0283. The molecule has 1 amide bonds. The second kappa shape index (κ2) is 11.2. The molecule has 7 heteroatoms. The van der Waals surface area contributed by atoms with Gasteiger partial charge in [0.15, 0.2) is 5.16 Å². The highest BCUT2D eigenvalue weighted by Gasteiger charge is 2.23. The summed E-state index contributed by atoms with van der Waals surface area (Å²) in [5.74, 6) is 2.17. The van der Waals surface area contributed by atoms with Crippen molar-refractivity contribution in [3.8, 4) is 5.75 Å². The van der Waals surface area contributed by atoms with Crippen molar-refractivity contribution in [2.45, 2.75) is 56.1 Å². The lowest BCUT2D eigenvalue weighted by Gasteiger charge is -2.29. The van der Waals surface area contributed by atoms with Crippen molar-refractivity contribution in [2.75, 3.05) is 7.11 Å². The van der Waals surface area contributed by atoms with Gasteiger partial charge in [0, 0.05) is 23.6 Å². The third-order valence-corrected chi connectivity index (χ3v) is 8.05. The number of nitrogens with one attached hydrogen (secondary N) is 1. The van der Waals surface area contributed by atoms with E-state index in [0.29, 0.717) is 12.5 Å².